The molecule has 0 heterocycles. The van der Waals surface area contributed by atoms with Gasteiger partial charge in [0.25, 0.3) is 5.91 Å². The zero-order valence-corrected chi connectivity index (χ0v) is 20.4. The van der Waals surface area contributed by atoms with Gasteiger partial charge in [-0.15, -0.1) is 0 Å². The molecule has 1 atom stereocenters. The fraction of sp³-hybridized carbons (Fsp3) is 0.391. The molecule has 0 aromatic heterocycles. The van der Waals surface area contributed by atoms with Crippen LogP contribution in [0.1, 0.15) is 37.0 Å². The summed E-state index contributed by atoms with van der Waals surface area (Å²) in [6, 6.07) is 8.01. The molecular weight excluding hydrogens is 459 g/mol. The number of hydrogen-bond donors (Lipinski definition) is 1. The summed E-state index contributed by atoms with van der Waals surface area (Å²) in [7, 11) is 0. The van der Waals surface area contributed by atoms with E-state index in [9.17, 15) is 9.59 Å². The molecule has 0 aliphatic carbocycles. The third kappa shape index (κ3) is 6.52. The minimum absolute atomic E-state index is 0.0923. The van der Waals surface area contributed by atoms with E-state index >= 15 is 0 Å². The Morgan fingerprint density at radius 3 is 2.16 bits per heavy atom. The third-order valence-corrected chi connectivity index (χ3v) is 6.20. The Kier molecular flexibility index (Phi) is 9.48. The number of aryl methyl sites for hydroxylation is 2. The molecule has 0 saturated carbocycles. The molecule has 0 radical (unpaired) electrons. The molecule has 8 heteroatoms. The quantitative estimate of drug-likeness (QED) is 0.504. The monoisotopic (exact) mass is 484 g/mol. The molecule has 31 heavy (non-hydrogen) atoms. The van der Waals surface area contributed by atoms with Crippen LogP contribution in [0.2, 0.25) is 15.1 Å². The first kappa shape index (κ1) is 25.3. The highest BCUT2D eigenvalue weighted by Crippen LogP contribution is 2.28. The molecule has 0 saturated heterocycles. The van der Waals surface area contributed by atoms with Gasteiger partial charge in [0.15, 0.2) is 6.61 Å². The van der Waals surface area contributed by atoms with E-state index < -0.39 is 6.04 Å². The van der Waals surface area contributed by atoms with Crippen LogP contribution in [0, 0.1) is 13.8 Å². The van der Waals surface area contributed by atoms with Crippen molar-refractivity contribution < 1.29 is 14.3 Å². The third-order valence-electron chi connectivity index (χ3n) is 4.90. The van der Waals surface area contributed by atoms with E-state index in [0.717, 1.165) is 11.1 Å². The highest BCUT2D eigenvalue weighted by atomic mass is 35.5. The summed E-state index contributed by atoms with van der Waals surface area (Å²) in [5.74, 6) is -0.0476. The van der Waals surface area contributed by atoms with Crippen molar-refractivity contribution in [3.63, 3.8) is 0 Å². The SMILES string of the molecule is CCNC(=O)C(CC)N(Cc1c(Cl)cccc1Cl)C(=O)COc1cc(C)c(Cl)c(C)c1. The molecule has 5 nitrogen and oxygen atoms in total. The number of carbonyl (C=O) groups is 2. The van der Waals surface area contributed by atoms with Gasteiger partial charge in [0, 0.05) is 33.7 Å². The average Bonchev–Trinajstić information content (AvgIpc) is 2.72. The molecule has 0 fully saturated rings. The van der Waals surface area contributed by atoms with Crippen LogP contribution in [0.15, 0.2) is 30.3 Å². The van der Waals surface area contributed by atoms with Crippen LogP contribution in [0.25, 0.3) is 0 Å². The topological polar surface area (TPSA) is 58.6 Å². The maximum absolute atomic E-state index is 13.2. The normalized spacial score (nSPS) is 11.7. The summed E-state index contributed by atoms with van der Waals surface area (Å²) in [6.07, 6.45) is 0.429. The van der Waals surface area contributed by atoms with E-state index in [4.69, 9.17) is 39.5 Å². The second kappa shape index (κ2) is 11.6. The van der Waals surface area contributed by atoms with Crippen LogP contribution in [0.3, 0.4) is 0 Å². The molecule has 1 N–H and O–H groups in total. The predicted octanol–water partition coefficient (Wildman–Crippen LogP) is 5.59. The molecule has 0 bridgehead atoms. The number of ether oxygens (including phenoxy) is 1. The van der Waals surface area contributed by atoms with E-state index in [1.54, 1.807) is 30.3 Å². The number of rotatable bonds is 9. The maximum atomic E-state index is 13.2. The second-order valence-corrected chi connectivity index (χ2v) is 8.39. The minimum atomic E-state index is -0.683. The fourth-order valence-corrected chi connectivity index (χ4v) is 3.91. The number of halogens is 3. The van der Waals surface area contributed by atoms with Crippen molar-refractivity contribution in [1.29, 1.82) is 0 Å². The summed E-state index contributed by atoms with van der Waals surface area (Å²) in [5, 5.41) is 4.31. The summed E-state index contributed by atoms with van der Waals surface area (Å²) < 4.78 is 5.75. The van der Waals surface area contributed by atoms with E-state index in [0.29, 0.717) is 39.3 Å². The standard InChI is InChI=1S/C23H27Cl3N2O3/c1-5-20(23(30)27-6-2)28(12-17-18(24)8-7-9-19(17)25)21(29)13-31-16-10-14(3)22(26)15(4)11-16/h7-11,20H,5-6,12-13H2,1-4H3,(H,27,30). The zero-order chi connectivity index (χ0) is 23.1. The van der Waals surface area contributed by atoms with Gasteiger partial charge in [0.05, 0.1) is 0 Å². The van der Waals surface area contributed by atoms with Gasteiger partial charge in [-0.25, -0.2) is 0 Å². The molecule has 0 spiro atoms. The molecule has 0 aliphatic rings. The maximum Gasteiger partial charge on any atom is 0.261 e. The summed E-state index contributed by atoms with van der Waals surface area (Å²) in [4.78, 5) is 27.3. The van der Waals surface area contributed by atoms with Crippen molar-refractivity contribution >= 4 is 46.6 Å². The summed E-state index contributed by atoms with van der Waals surface area (Å²) in [6.45, 7) is 7.74. The van der Waals surface area contributed by atoms with Crippen LogP contribution in [-0.2, 0) is 16.1 Å². The van der Waals surface area contributed by atoms with Gasteiger partial charge < -0.3 is 15.0 Å². The summed E-state index contributed by atoms with van der Waals surface area (Å²) >= 11 is 18.9. The molecule has 2 aromatic rings. The van der Waals surface area contributed by atoms with Crippen molar-refractivity contribution in [2.24, 2.45) is 0 Å². The van der Waals surface area contributed by atoms with Gasteiger partial charge in [0.2, 0.25) is 5.91 Å². The molecule has 2 aromatic carbocycles. The lowest BCUT2D eigenvalue weighted by Crippen LogP contribution is -2.50. The number of amides is 2. The van der Waals surface area contributed by atoms with Gasteiger partial charge in [0.1, 0.15) is 11.8 Å². The van der Waals surface area contributed by atoms with Gasteiger partial charge in [-0.1, -0.05) is 47.8 Å². The predicted molar refractivity (Wildman–Crippen MR) is 126 cm³/mol. The lowest BCUT2D eigenvalue weighted by atomic mass is 10.1. The van der Waals surface area contributed by atoms with Crippen LogP contribution in [0.5, 0.6) is 5.75 Å². The second-order valence-electron chi connectivity index (χ2n) is 7.20. The van der Waals surface area contributed by atoms with Crippen LogP contribution in [0.4, 0.5) is 0 Å². The number of hydrogen-bond acceptors (Lipinski definition) is 3. The Balaban J connectivity index is 2.30. The smallest absolute Gasteiger partial charge is 0.261 e. The molecule has 2 amide bonds. The molecule has 168 valence electrons. The number of likely N-dealkylation sites (N-methyl/N-ethyl adjacent to an activating group) is 1. The van der Waals surface area contributed by atoms with Crippen molar-refractivity contribution in [3.05, 3.63) is 62.1 Å². The van der Waals surface area contributed by atoms with E-state index in [1.165, 1.54) is 4.90 Å². The fourth-order valence-electron chi connectivity index (χ4n) is 3.28. The van der Waals surface area contributed by atoms with Crippen molar-refractivity contribution in [2.75, 3.05) is 13.2 Å². The zero-order valence-electron chi connectivity index (χ0n) is 18.1. The molecular formula is C23H27Cl3N2O3. The van der Waals surface area contributed by atoms with Gasteiger partial charge in [-0.2, -0.15) is 0 Å². The van der Waals surface area contributed by atoms with Crippen LogP contribution >= 0.6 is 34.8 Å². The van der Waals surface area contributed by atoms with E-state index in [1.807, 2.05) is 27.7 Å². The Morgan fingerprint density at radius 2 is 1.65 bits per heavy atom. The molecule has 2 rings (SSSR count). The number of nitrogens with one attached hydrogen (secondary N) is 1. The van der Waals surface area contributed by atoms with Gasteiger partial charge >= 0.3 is 0 Å². The first-order chi connectivity index (χ1) is 14.7. The average molecular weight is 486 g/mol. The molecule has 1 unspecified atom stereocenters. The number of carbonyl (C=O) groups excluding carboxylic acids is 2. The van der Waals surface area contributed by atoms with Crippen molar-refractivity contribution in [1.82, 2.24) is 10.2 Å². The highest BCUT2D eigenvalue weighted by molar-refractivity contribution is 6.36. The number of nitrogens with zero attached hydrogens (tertiary/aromatic N) is 1. The minimum Gasteiger partial charge on any atom is -0.484 e. The molecule has 0 aliphatic heterocycles. The lowest BCUT2D eigenvalue weighted by Gasteiger charge is -2.31. The Hall–Kier alpha value is -1.95. The Morgan fingerprint density at radius 1 is 1.06 bits per heavy atom. The Labute approximate surface area is 198 Å². The van der Waals surface area contributed by atoms with Gasteiger partial charge in [-0.05, 0) is 62.6 Å². The lowest BCUT2D eigenvalue weighted by molar-refractivity contribution is -0.142. The Bertz CT molecular complexity index is 906. The van der Waals surface area contributed by atoms with E-state index in [2.05, 4.69) is 5.32 Å². The van der Waals surface area contributed by atoms with Crippen molar-refractivity contribution in [2.45, 2.75) is 46.7 Å². The first-order valence-electron chi connectivity index (χ1n) is 10.1. The van der Waals surface area contributed by atoms with E-state index in [-0.39, 0.29) is 25.0 Å². The van der Waals surface area contributed by atoms with Crippen LogP contribution in [-0.4, -0.2) is 35.9 Å². The van der Waals surface area contributed by atoms with Crippen molar-refractivity contribution in [3.8, 4) is 5.75 Å². The highest BCUT2D eigenvalue weighted by Gasteiger charge is 2.29. The first-order valence-corrected chi connectivity index (χ1v) is 11.2. The summed E-state index contributed by atoms with van der Waals surface area (Å²) in [5.41, 5.74) is 2.30. The van der Waals surface area contributed by atoms with Crippen LogP contribution < -0.4 is 10.1 Å². The largest absolute Gasteiger partial charge is 0.484 e. The van der Waals surface area contributed by atoms with Gasteiger partial charge in [-0.3, -0.25) is 9.59 Å². The number of benzene rings is 2.